The van der Waals surface area contributed by atoms with E-state index in [1.807, 2.05) is 0 Å². The molecule has 2 aliphatic heterocycles. The normalized spacial score (nSPS) is 29.3. The number of hydrogen-bond donors (Lipinski definition) is 0. The van der Waals surface area contributed by atoms with Crippen molar-refractivity contribution < 1.29 is 13.9 Å². The summed E-state index contributed by atoms with van der Waals surface area (Å²) in [6.45, 7) is 3.02. The molecule has 3 nitrogen and oxygen atoms in total. The molecule has 4 heteroatoms. The summed E-state index contributed by atoms with van der Waals surface area (Å²) < 4.78 is 18.9. The molecule has 1 aliphatic carbocycles. The van der Waals surface area contributed by atoms with Gasteiger partial charge in [0.15, 0.2) is 0 Å². The highest BCUT2D eigenvalue weighted by Gasteiger charge is 2.47. The van der Waals surface area contributed by atoms with Gasteiger partial charge in [-0.25, -0.2) is 4.39 Å². The zero-order valence-electron chi connectivity index (χ0n) is 14.2. The van der Waals surface area contributed by atoms with Crippen molar-refractivity contribution in [2.75, 3.05) is 26.3 Å². The van der Waals surface area contributed by atoms with Gasteiger partial charge in [-0.3, -0.25) is 4.79 Å². The van der Waals surface area contributed by atoms with Crippen molar-refractivity contribution in [2.45, 2.75) is 43.9 Å². The van der Waals surface area contributed by atoms with Crippen molar-refractivity contribution in [2.24, 2.45) is 11.8 Å². The summed E-state index contributed by atoms with van der Waals surface area (Å²) in [4.78, 5) is 15.6. The van der Waals surface area contributed by atoms with Gasteiger partial charge in [0.1, 0.15) is 5.82 Å². The van der Waals surface area contributed by atoms with Gasteiger partial charge in [0.05, 0.1) is 5.41 Å². The third kappa shape index (κ3) is 2.75. The standard InChI is InChI=1S/C20H26FNO2/c21-18-7-5-17(6-8-18)20(9-11-24-12-10-20)19(23)22-13-15-3-1-2-4-16(15)14-22/h5-8,15-16H,1-4,9-14H2/t15-,16-/m1/s1. The molecule has 0 aromatic heterocycles. The molecule has 1 amide bonds. The molecule has 1 aromatic rings. The third-order valence-corrected chi connectivity index (χ3v) is 6.42. The number of fused-ring (bicyclic) bond motifs is 1. The minimum absolute atomic E-state index is 0.242. The van der Waals surface area contributed by atoms with E-state index < -0.39 is 5.41 Å². The molecule has 3 aliphatic rings. The average Bonchev–Trinajstić information content (AvgIpc) is 3.06. The lowest BCUT2D eigenvalue weighted by Gasteiger charge is -2.39. The number of likely N-dealkylation sites (tertiary alicyclic amines) is 1. The first-order valence-electron chi connectivity index (χ1n) is 9.32. The Morgan fingerprint density at radius 1 is 1.04 bits per heavy atom. The molecule has 4 rings (SSSR count). The highest BCUT2D eigenvalue weighted by atomic mass is 19.1. The second-order valence-corrected chi connectivity index (χ2v) is 7.72. The van der Waals surface area contributed by atoms with Crippen LogP contribution < -0.4 is 0 Å². The third-order valence-electron chi connectivity index (χ3n) is 6.42. The first-order valence-corrected chi connectivity index (χ1v) is 9.32. The summed E-state index contributed by atoms with van der Waals surface area (Å²) in [5, 5.41) is 0. The topological polar surface area (TPSA) is 29.5 Å². The van der Waals surface area contributed by atoms with Gasteiger partial charge >= 0.3 is 0 Å². The van der Waals surface area contributed by atoms with Crippen LogP contribution in [0.4, 0.5) is 4.39 Å². The zero-order chi connectivity index (χ0) is 16.6. The highest BCUT2D eigenvalue weighted by molar-refractivity contribution is 5.88. The van der Waals surface area contributed by atoms with E-state index >= 15 is 0 Å². The molecule has 1 saturated carbocycles. The molecule has 2 atom stereocenters. The van der Waals surface area contributed by atoms with Gasteiger partial charge in [0.25, 0.3) is 0 Å². The molecule has 3 fully saturated rings. The van der Waals surface area contributed by atoms with Crippen LogP contribution in [0.25, 0.3) is 0 Å². The maximum absolute atomic E-state index is 13.5. The van der Waals surface area contributed by atoms with Gasteiger partial charge < -0.3 is 9.64 Å². The van der Waals surface area contributed by atoms with Gasteiger partial charge in [0, 0.05) is 26.3 Å². The predicted molar refractivity (Wildman–Crippen MR) is 90.2 cm³/mol. The van der Waals surface area contributed by atoms with Crippen LogP contribution in [0.5, 0.6) is 0 Å². The molecule has 1 aromatic carbocycles. The lowest BCUT2D eigenvalue weighted by Crippen LogP contribution is -2.49. The van der Waals surface area contributed by atoms with Gasteiger partial charge in [-0.2, -0.15) is 0 Å². The Morgan fingerprint density at radius 3 is 2.21 bits per heavy atom. The Hall–Kier alpha value is -1.42. The molecule has 0 unspecified atom stereocenters. The number of nitrogens with zero attached hydrogens (tertiary/aromatic N) is 1. The lowest BCUT2D eigenvalue weighted by atomic mass is 9.73. The quantitative estimate of drug-likeness (QED) is 0.830. The van der Waals surface area contributed by atoms with Gasteiger partial charge in [0.2, 0.25) is 5.91 Å². The van der Waals surface area contributed by atoms with Crippen LogP contribution in [-0.2, 0) is 14.9 Å². The molecule has 0 radical (unpaired) electrons. The Kier molecular flexibility index (Phi) is 4.33. The summed E-state index contributed by atoms with van der Waals surface area (Å²) in [6, 6.07) is 6.54. The van der Waals surface area contributed by atoms with Crippen LogP contribution in [-0.4, -0.2) is 37.1 Å². The number of benzene rings is 1. The lowest BCUT2D eigenvalue weighted by molar-refractivity contribution is -0.140. The van der Waals surface area contributed by atoms with Crippen molar-refractivity contribution in [1.82, 2.24) is 4.90 Å². The second-order valence-electron chi connectivity index (χ2n) is 7.72. The number of ether oxygens (including phenoxy) is 1. The SMILES string of the molecule is O=C(N1C[C@H]2CCCC[C@@H]2C1)C1(c2ccc(F)cc2)CCOCC1. The number of hydrogen-bond acceptors (Lipinski definition) is 2. The van der Waals surface area contributed by atoms with E-state index in [0.29, 0.717) is 37.9 Å². The maximum atomic E-state index is 13.5. The Bertz CT molecular complexity index is 580. The maximum Gasteiger partial charge on any atom is 0.233 e. The van der Waals surface area contributed by atoms with Crippen LogP contribution >= 0.6 is 0 Å². The smallest absolute Gasteiger partial charge is 0.233 e. The van der Waals surface area contributed by atoms with E-state index in [1.54, 1.807) is 12.1 Å². The first kappa shape index (κ1) is 16.1. The summed E-state index contributed by atoms with van der Waals surface area (Å²) in [6.07, 6.45) is 6.54. The largest absolute Gasteiger partial charge is 0.381 e. The zero-order valence-corrected chi connectivity index (χ0v) is 14.2. The Labute approximate surface area is 143 Å². The Morgan fingerprint density at radius 2 is 1.62 bits per heavy atom. The summed E-state index contributed by atoms with van der Waals surface area (Å²) >= 11 is 0. The van der Waals surface area contributed by atoms with Crippen molar-refractivity contribution in [3.8, 4) is 0 Å². The molecule has 0 N–H and O–H groups in total. The summed E-state index contributed by atoms with van der Waals surface area (Å²) in [7, 11) is 0. The van der Waals surface area contributed by atoms with E-state index in [0.717, 1.165) is 18.7 Å². The Balaban J connectivity index is 1.61. The van der Waals surface area contributed by atoms with E-state index in [-0.39, 0.29) is 11.7 Å². The van der Waals surface area contributed by atoms with Crippen LogP contribution in [0.3, 0.4) is 0 Å². The number of rotatable bonds is 2. The van der Waals surface area contributed by atoms with Crippen LogP contribution in [0.1, 0.15) is 44.1 Å². The van der Waals surface area contributed by atoms with Crippen LogP contribution in [0, 0.1) is 17.7 Å². The fourth-order valence-electron chi connectivity index (χ4n) is 4.99. The fraction of sp³-hybridized carbons (Fsp3) is 0.650. The molecule has 0 bridgehead atoms. The van der Waals surface area contributed by atoms with E-state index in [2.05, 4.69) is 4.90 Å². The van der Waals surface area contributed by atoms with Gasteiger partial charge in [-0.05, 0) is 55.2 Å². The average molecular weight is 331 g/mol. The van der Waals surface area contributed by atoms with E-state index in [4.69, 9.17) is 4.74 Å². The molecular formula is C20H26FNO2. The predicted octanol–water partition coefficient (Wildman–Crippen LogP) is 3.52. The number of amides is 1. The van der Waals surface area contributed by atoms with Crippen molar-refractivity contribution in [1.29, 1.82) is 0 Å². The monoisotopic (exact) mass is 331 g/mol. The molecule has 24 heavy (non-hydrogen) atoms. The first-order chi connectivity index (χ1) is 11.7. The van der Waals surface area contributed by atoms with Crippen molar-refractivity contribution >= 4 is 5.91 Å². The van der Waals surface area contributed by atoms with E-state index in [9.17, 15) is 9.18 Å². The molecule has 2 saturated heterocycles. The van der Waals surface area contributed by atoms with Crippen LogP contribution in [0.2, 0.25) is 0 Å². The van der Waals surface area contributed by atoms with Crippen LogP contribution in [0.15, 0.2) is 24.3 Å². The minimum Gasteiger partial charge on any atom is -0.381 e. The van der Waals surface area contributed by atoms with E-state index in [1.165, 1.54) is 37.8 Å². The number of halogens is 1. The highest BCUT2D eigenvalue weighted by Crippen LogP contribution is 2.41. The molecular weight excluding hydrogens is 305 g/mol. The number of carbonyl (C=O) groups is 1. The second kappa shape index (κ2) is 6.47. The van der Waals surface area contributed by atoms with Crippen molar-refractivity contribution in [3.63, 3.8) is 0 Å². The van der Waals surface area contributed by atoms with Gasteiger partial charge in [-0.15, -0.1) is 0 Å². The fourth-order valence-corrected chi connectivity index (χ4v) is 4.99. The van der Waals surface area contributed by atoms with Gasteiger partial charge in [-0.1, -0.05) is 25.0 Å². The summed E-state index contributed by atoms with van der Waals surface area (Å²) in [5.74, 6) is 1.37. The molecule has 2 heterocycles. The molecule has 0 spiro atoms. The minimum atomic E-state index is -0.528. The molecule has 130 valence electrons. The summed E-state index contributed by atoms with van der Waals surface area (Å²) in [5.41, 5.74) is 0.423. The van der Waals surface area contributed by atoms with Crippen molar-refractivity contribution in [3.05, 3.63) is 35.6 Å². The number of carbonyl (C=O) groups excluding carboxylic acids is 1.